The van der Waals surface area contributed by atoms with Gasteiger partial charge in [0.1, 0.15) is 0 Å². The van der Waals surface area contributed by atoms with Gasteiger partial charge in [0.25, 0.3) is 0 Å². The molecule has 0 aliphatic carbocycles. The lowest BCUT2D eigenvalue weighted by Gasteiger charge is -2.08. The third kappa shape index (κ3) is 2.22. The van der Waals surface area contributed by atoms with E-state index in [1.807, 2.05) is 6.07 Å². The van der Waals surface area contributed by atoms with Gasteiger partial charge in [-0.2, -0.15) is 5.10 Å². The standard InChI is InChI=1S/C10H12N2.ClH/c1-8-7-10(12-11-8)9-5-3-2-4-6-9;/h2-6,10,12H,7H2,1H3;1H. The van der Waals surface area contributed by atoms with Gasteiger partial charge in [0.2, 0.25) is 0 Å². The van der Waals surface area contributed by atoms with Gasteiger partial charge in [0.15, 0.2) is 0 Å². The number of halogens is 1. The summed E-state index contributed by atoms with van der Waals surface area (Å²) in [6, 6.07) is 10.8. The molecule has 1 aliphatic heterocycles. The van der Waals surface area contributed by atoms with Crippen molar-refractivity contribution in [2.75, 3.05) is 0 Å². The van der Waals surface area contributed by atoms with Crippen molar-refractivity contribution in [3.05, 3.63) is 35.9 Å². The van der Waals surface area contributed by atoms with E-state index < -0.39 is 0 Å². The van der Waals surface area contributed by atoms with Gasteiger partial charge in [-0.3, -0.25) is 0 Å². The van der Waals surface area contributed by atoms with Crippen LogP contribution in [0.25, 0.3) is 0 Å². The quantitative estimate of drug-likeness (QED) is 0.734. The summed E-state index contributed by atoms with van der Waals surface area (Å²) in [5.41, 5.74) is 5.61. The highest BCUT2D eigenvalue weighted by Gasteiger charge is 2.15. The summed E-state index contributed by atoms with van der Waals surface area (Å²) in [5, 5.41) is 4.16. The molecule has 0 amide bonds. The van der Waals surface area contributed by atoms with E-state index in [4.69, 9.17) is 0 Å². The predicted molar refractivity (Wildman–Crippen MR) is 57.3 cm³/mol. The number of hydrazone groups is 1. The summed E-state index contributed by atoms with van der Waals surface area (Å²) in [6.07, 6.45) is 1.03. The van der Waals surface area contributed by atoms with Crippen LogP contribution in [0.1, 0.15) is 24.9 Å². The van der Waals surface area contributed by atoms with E-state index in [0.29, 0.717) is 6.04 Å². The lowest BCUT2D eigenvalue weighted by Crippen LogP contribution is -2.09. The molecule has 70 valence electrons. The van der Waals surface area contributed by atoms with Crippen molar-refractivity contribution in [1.82, 2.24) is 5.43 Å². The Balaban J connectivity index is 0.000000845. The number of hydrogen-bond donors (Lipinski definition) is 1. The second kappa shape index (κ2) is 4.28. The van der Waals surface area contributed by atoms with E-state index in [2.05, 4.69) is 41.7 Å². The van der Waals surface area contributed by atoms with Crippen LogP contribution >= 0.6 is 12.4 Å². The zero-order valence-corrected chi connectivity index (χ0v) is 8.34. The van der Waals surface area contributed by atoms with Crippen molar-refractivity contribution in [2.45, 2.75) is 19.4 Å². The Bertz CT molecular complexity index is 295. The van der Waals surface area contributed by atoms with Crippen molar-refractivity contribution in [3.63, 3.8) is 0 Å². The molecule has 0 aromatic heterocycles. The fourth-order valence-corrected chi connectivity index (χ4v) is 1.45. The first kappa shape index (κ1) is 10.1. The minimum atomic E-state index is 0. The fourth-order valence-electron chi connectivity index (χ4n) is 1.45. The molecule has 0 saturated carbocycles. The first-order chi connectivity index (χ1) is 5.86. The van der Waals surface area contributed by atoms with Gasteiger partial charge in [-0.05, 0) is 12.5 Å². The molecule has 1 heterocycles. The van der Waals surface area contributed by atoms with Crippen LogP contribution in [0.3, 0.4) is 0 Å². The normalized spacial score (nSPS) is 20.1. The highest BCUT2D eigenvalue weighted by atomic mass is 35.5. The molecule has 0 saturated heterocycles. The van der Waals surface area contributed by atoms with Crippen LogP contribution in [0, 0.1) is 0 Å². The largest absolute Gasteiger partial charge is 0.302 e. The molecule has 13 heavy (non-hydrogen) atoms. The highest BCUT2D eigenvalue weighted by Crippen LogP contribution is 2.20. The van der Waals surface area contributed by atoms with Crippen LogP contribution in [-0.2, 0) is 0 Å². The first-order valence-corrected chi connectivity index (χ1v) is 4.20. The Morgan fingerprint density at radius 1 is 1.31 bits per heavy atom. The molecular formula is C10H13ClN2. The minimum Gasteiger partial charge on any atom is -0.302 e. The molecule has 1 N–H and O–H groups in total. The summed E-state index contributed by atoms with van der Waals surface area (Å²) >= 11 is 0. The molecule has 2 nitrogen and oxygen atoms in total. The van der Waals surface area contributed by atoms with Crippen molar-refractivity contribution >= 4 is 18.1 Å². The number of hydrogen-bond acceptors (Lipinski definition) is 2. The van der Waals surface area contributed by atoms with Crippen LogP contribution in [0.4, 0.5) is 0 Å². The van der Waals surface area contributed by atoms with E-state index in [1.165, 1.54) is 11.3 Å². The third-order valence-electron chi connectivity index (χ3n) is 2.11. The number of benzene rings is 1. The molecule has 1 unspecified atom stereocenters. The molecule has 2 rings (SSSR count). The fraction of sp³-hybridized carbons (Fsp3) is 0.300. The van der Waals surface area contributed by atoms with Crippen LogP contribution in [0.15, 0.2) is 35.4 Å². The third-order valence-corrected chi connectivity index (χ3v) is 2.11. The van der Waals surface area contributed by atoms with E-state index in [-0.39, 0.29) is 12.4 Å². The molecule has 1 atom stereocenters. The Morgan fingerprint density at radius 2 is 2.00 bits per heavy atom. The van der Waals surface area contributed by atoms with Crippen molar-refractivity contribution in [2.24, 2.45) is 5.10 Å². The lowest BCUT2D eigenvalue weighted by molar-refractivity contribution is 0.620. The second-order valence-electron chi connectivity index (χ2n) is 3.14. The van der Waals surface area contributed by atoms with Crippen LogP contribution in [0.5, 0.6) is 0 Å². The SMILES string of the molecule is CC1=NNC(c2ccccc2)C1.Cl. The van der Waals surface area contributed by atoms with Crippen LogP contribution in [0.2, 0.25) is 0 Å². The molecule has 0 bridgehead atoms. The van der Waals surface area contributed by atoms with Crippen LogP contribution in [-0.4, -0.2) is 5.71 Å². The molecule has 0 radical (unpaired) electrons. The number of nitrogens with zero attached hydrogens (tertiary/aromatic N) is 1. The van der Waals surface area contributed by atoms with E-state index >= 15 is 0 Å². The Hall–Kier alpha value is -1.02. The second-order valence-corrected chi connectivity index (χ2v) is 3.14. The molecule has 1 aliphatic rings. The maximum absolute atomic E-state index is 4.16. The summed E-state index contributed by atoms with van der Waals surface area (Å²) in [5.74, 6) is 0. The molecule has 3 heteroatoms. The van der Waals surface area contributed by atoms with Gasteiger partial charge in [-0.1, -0.05) is 30.3 Å². The van der Waals surface area contributed by atoms with Crippen LogP contribution < -0.4 is 5.43 Å². The van der Waals surface area contributed by atoms with Crippen molar-refractivity contribution < 1.29 is 0 Å². The van der Waals surface area contributed by atoms with Gasteiger partial charge in [-0.15, -0.1) is 12.4 Å². The topological polar surface area (TPSA) is 24.4 Å². The summed E-state index contributed by atoms with van der Waals surface area (Å²) in [7, 11) is 0. The number of rotatable bonds is 1. The van der Waals surface area contributed by atoms with Crippen molar-refractivity contribution in [3.8, 4) is 0 Å². The monoisotopic (exact) mass is 196 g/mol. The average molecular weight is 197 g/mol. The van der Waals surface area contributed by atoms with E-state index in [1.54, 1.807) is 0 Å². The maximum Gasteiger partial charge on any atom is 0.0742 e. The predicted octanol–water partition coefficient (Wildman–Crippen LogP) is 2.52. The van der Waals surface area contributed by atoms with Gasteiger partial charge in [0.05, 0.1) is 6.04 Å². The molecule has 0 spiro atoms. The Labute approximate surface area is 84.5 Å². The van der Waals surface area contributed by atoms with Gasteiger partial charge in [0, 0.05) is 12.1 Å². The Morgan fingerprint density at radius 3 is 2.54 bits per heavy atom. The van der Waals surface area contributed by atoms with Gasteiger partial charge >= 0.3 is 0 Å². The molecule has 1 aromatic rings. The highest BCUT2D eigenvalue weighted by molar-refractivity contribution is 5.85. The smallest absolute Gasteiger partial charge is 0.0742 e. The lowest BCUT2D eigenvalue weighted by atomic mass is 10.0. The zero-order chi connectivity index (χ0) is 8.39. The van der Waals surface area contributed by atoms with E-state index in [9.17, 15) is 0 Å². The minimum absolute atomic E-state index is 0. The summed E-state index contributed by atoms with van der Waals surface area (Å²) < 4.78 is 0. The first-order valence-electron chi connectivity index (χ1n) is 4.20. The summed E-state index contributed by atoms with van der Waals surface area (Å²) in [6.45, 7) is 2.05. The summed E-state index contributed by atoms with van der Waals surface area (Å²) in [4.78, 5) is 0. The Kier molecular flexibility index (Phi) is 3.32. The van der Waals surface area contributed by atoms with Crippen molar-refractivity contribution in [1.29, 1.82) is 0 Å². The zero-order valence-electron chi connectivity index (χ0n) is 7.53. The molecule has 0 fully saturated rings. The molecular weight excluding hydrogens is 184 g/mol. The molecule has 1 aromatic carbocycles. The average Bonchev–Trinajstić information content (AvgIpc) is 2.54. The van der Waals surface area contributed by atoms with Gasteiger partial charge in [-0.25, -0.2) is 0 Å². The maximum atomic E-state index is 4.16. The van der Waals surface area contributed by atoms with E-state index in [0.717, 1.165) is 6.42 Å². The van der Waals surface area contributed by atoms with Gasteiger partial charge < -0.3 is 5.43 Å². The number of nitrogens with one attached hydrogen (secondary N) is 1.